The van der Waals surface area contributed by atoms with Gasteiger partial charge in [-0.1, -0.05) is 85.8 Å². The SMILES string of the molecule is COc1ccc(F)cc1[C@H](Cn1c(=O)n(C2(C)CCCNC2=O)c(=O)c2c(C)c(-n3nccn3)sc21)OCCCC(C)(C)[Si](O)(c1ccccc1)c1ccccc1. The molecule has 0 radical (unpaired) electrons. The van der Waals surface area contributed by atoms with Crippen LogP contribution in [0.5, 0.6) is 5.75 Å². The topological polar surface area (TPSA) is 142 Å². The summed E-state index contributed by atoms with van der Waals surface area (Å²) in [6, 6.07) is 23.7. The van der Waals surface area contributed by atoms with E-state index in [1.807, 2.05) is 60.7 Å². The predicted octanol–water partition coefficient (Wildman–Crippen LogP) is 4.96. The number of aromatic nitrogens is 5. The second kappa shape index (κ2) is 16.0. The Bertz CT molecular complexity index is 2470. The van der Waals surface area contributed by atoms with E-state index in [0.717, 1.165) is 14.9 Å². The Morgan fingerprint density at radius 1 is 1.02 bits per heavy atom. The summed E-state index contributed by atoms with van der Waals surface area (Å²) in [5, 5.41) is 13.5. The Morgan fingerprint density at radius 3 is 2.28 bits per heavy atom. The number of nitrogens with one attached hydrogen (secondary N) is 1. The highest BCUT2D eigenvalue weighted by Gasteiger charge is 2.49. The summed E-state index contributed by atoms with van der Waals surface area (Å²) in [7, 11) is -1.82. The molecule has 1 unspecified atom stereocenters. The molecule has 1 amide bonds. The lowest BCUT2D eigenvalue weighted by Crippen LogP contribution is -2.65. The fraction of sp³-hybridized carbons (Fsp3) is 0.357. The predicted molar refractivity (Wildman–Crippen MR) is 221 cm³/mol. The van der Waals surface area contributed by atoms with E-state index in [4.69, 9.17) is 9.47 Å². The normalized spacial score (nSPS) is 16.8. The van der Waals surface area contributed by atoms with Gasteiger partial charge in [-0.25, -0.2) is 13.8 Å². The number of ether oxygens (including phenoxy) is 2. The number of fused-ring (bicyclic) bond motifs is 1. The zero-order chi connectivity index (χ0) is 40.5. The number of carbonyl (C=O) groups excluding carboxylic acids is 1. The molecule has 15 heteroatoms. The number of thiophene rings is 1. The highest BCUT2D eigenvalue weighted by molar-refractivity contribution is 7.21. The van der Waals surface area contributed by atoms with Crippen molar-refractivity contribution in [2.24, 2.45) is 0 Å². The molecule has 0 saturated carbocycles. The van der Waals surface area contributed by atoms with Gasteiger partial charge in [-0.2, -0.15) is 10.2 Å². The molecule has 1 fully saturated rings. The van der Waals surface area contributed by atoms with Crippen LogP contribution < -0.4 is 31.7 Å². The highest BCUT2D eigenvalue weighted by Crippen LogP contribution is 2.41. The van der Waals surface area contributed by atoms with E-state index in [2.05, 4.69) is 29.4 Å². The molecule has 0 aliphatic carbocycles. The molecule has 0 spiro atoms. The van der Waals surface area contributed by atoms with Crippen LogP contribution in [0.1, 0.15) is 63.7 Å². The molecule has 12 nitrogen and oxygen atoms in total. The number of amides is 1. The van der Waals surface area contributed by atoms with Gasteiger partial charge >= 0.3 is 5.69 Å². The number of nitrogens with zero attached hydrogens (tertiary/aromatic N) is 5. The molecule has 1 aliphatic rings. The number of aryl methyl sites for hydroxylation is 1. The fourth-order valence-corrected chi connectivity index (χ4v) is 13.2. The first-order chi connectivity index (χ1) is 27.3. The molecule has 2 N–H and O–H groups in total. The molecule has 298 valence electrons. The van der Waals surface area contributed by atoms with Crippen molar-refractivity contribution in [1.82, 2.24) is 29.4 Å². The number of hydrogen-bond acceptors (Lipinski definition) is 9. The quantitative estimate of drug-likeness (QED) is 0.116. The van der Waals surface area contributed by atoms with Crippen LogP contribution in [0, 0.1) is 12.7 Å². The second-order valence-corrected chi connectivity index (χ2v) is 20.3. The lowest BCUT2D eigenvalue weighted by Gasteiger charge is -2.41. The number of hydrogen-bond donors (Lipinski definition) is 2. The number of benzene rings is 3. The summed E-state index contributed by atoms with van der Waals surface area (Å²) in [5.41, 5.74) is -1.82. The Hall–Kier alpha value is -5.22. The van der Waals surface area contributed by atoms with Crippen molar-refractivity contribution >= 4 is 46.2 Å². The number of methoxy groups -OCH3 is 1. The van der Waals surface area contributed by atoms with Crippen molar-refractivity contribution in [3.63, 3.8) is 0 Å². The van der Waals surface area contributed by atoms with E-state index < -0.39 is 48.0 Å². The van der Waals surface area contributed by atoms with E-state index in [1.165, 1.54) is 58.4 Å². The summed E-state index contributed by atoms with van der Waals surface area (Å²) in [6.45, 7) is 8.02. The van der Waals surface area contributed by atoms with Gasteiger partial charge in [-0.15, -0.1) is 4.80 Å². The van der Waals surface area contributed by atoms with Gasteiger partial charge in [-0.3, -0.25) is 14.2 Å². The van der Waals surface area contributed by atoms with Crippen LogP contribution in [0.25, 0.3) is 15.2 Å². The third-order valence-electron chi connectivity index (χ3n) is 11.4. The molecule has 6 aromatic rings. The van der Waals surface area contributed by atoms with Gasteiger partial charge in [0.1, 0.15) is 33.0 Å². The summed E-state index contributed by atoms with van der Waals surface area (Å²) < 4.78 is 29.9. The monoisotopic (exact) mass is 810 g/mol. The Balaban J connectivity index is 1.29. The van der Waals surface area contributed by atoms with Crippen LogP contribution in [-0.4, -0.2) is 63.4 Å². The van der Waals surface area contributed by atoms with Gasteiger partial charge in [0.2, 0.25) is 5.91 Å². The first-order valence-electron chi connectivity index (χ1n) is 19.0. The van der Waals surface area contributed by atoms with Gasteiger partial charge in [0.25, 0.3) is 13.9 Å². The number of rotatable bonds is 14. The minimum Gasteiger partial charge on any atom is -0.496 e. The molecular formula is C42H47FN6O6SSi. The van der Waals surface area contributed by atoms with Crippen molar-refractivity contribution in [3.8, 4) is 10.8 Å². The van der Waals surface area contributed by atoms with Crippen molar-refractivity contribution in [2.75, 3.05) is 20.3 Å². The van der Waals surface area contributed by atoms with Crippen LogP contribution in [0.3, 0.4) is 0 Å². The lowest BCUT2D eigenvalue weighted by molar-refractivity contribution is -0.131. The summed E-state index contributed by atoms with van der Waals surface area (Å²) in [4.78, 5) is 57.2. The molecule has 1 aliphatic heterocycles. The fourth-order valence-electron chi connectivity index (χ4n) is 8.19. The lowest BCUT2D eigenvalue weighted by atomic mass is 9.91. The van der Waals surface area contributed by atoms with Crippen molar-refractivity contribution in [2.45, 2.75) is 76.6 Å². The van der Waals surface area contributed by atoms with Crippen LogP contribution >= 0.6 is 11.3 Å². The number of piperidine rings is 1. The van der Waals surface area contributed by atoms with Gasteiger partial charge in [0.15, 0.2) is 0 Å². The molecule has 1 saturated heterocycles. The largest absolute Gasteiger partial charge is 0.496 e. The van der Waals surface area contributed by atoms with Crippen molar-refractivity contribution in [3.05, 3.63) is 129 Å². The first kappa shape index (κ1) is 40.0. The third kappa shape index (κ3) is 7.17. The molecule has 2 atom stereocenters. The van der Waals surface area contributed by atoms with Crippen LogP contribution in [0.4, 0.5) is 4.39 Å². The Morgan fingerprint density at radius 2 is 1.67 bits per heavy atom. The average molecular weight is 811 g/mol. The standard InChI is InChI=1S/C42H47FN6O6SSi/c1-28-35-36(50)48(42(4)21-12-22-44-39(42)51)40(52)47(38(35)56-37(28)49-45-23-24-46-49)27-34(32-26-29(43)18-19-33(32)54-5)55-25-13-20-41(2,3)57(53,30-14-8-6-9-15-30)31-16-10-7-11-17-31/h6-11,14-19,23-24,26,34,53H,12-13,20-22,25,27H2,1-5H3,(H,44,51)/t34-,42?/m0/s1. The molecule has 4 heterocycles. The summed E-state index contributed by atoms with van der Waals surface area (Å²) in [5.74, 6) is -0.579. The van der Waals surface area contributed by atoms with E-state index in [-0.39, 0.29) is 25.0 Å². The maximum absolute atomic E-state index is 15.1. The van der Waals surface area contributed by atoms with Crippen LogP contribution in [0.15, 0.2) is 101 Å². The maximum Gasteiger partial charge on any atom is 0.333 e. The van der Waals surface area contributed by atoms with Gasteiger partial charge < -0.3 is 19.6 Å². The highest BCUT2D eigenvalue weighted by atomic mass is 32.1. The number of carbonyl (C=O) groups is 1. The van der Waals surface area contributed by atoms with Crippen LogP contribution in [0.2, 0.25) is 5.04 Å². The summed E-state index contributed by atoms with van der Waals surface area (Å²) >= 11 is 1.18. The first-order valence-corrected chi connectivity index (χ1v) is 21.8. The van der Waals surface area contributed by atoms with E-state index in [0.29, 0.717) is 52.5 Å². The maximum atomic E-state index is 15.1. The molecular weight excluding hydrogens is 764 g/mol. The van der Waals surface area contributed by atoms with Gasteiger partial charge in [-0.05, 0) is 73.1 Å². The van der Waals surface area contributed by atoms with Gasteiger partial charge in [0.05, 0.1) is 31.4 Å². The zero-order valence-electron chi connectivity index (χ0n) is 32.7. The van der Waals surface area contributed by atoms with Crippen molar-refractivity contribution in [1.29, 1.82) is 0 Å². The molecule has 3 aromatic heterocycles. The summed E-state index contributed by atoms with van der Waals surface area (Å²) in [6.07, 6.45) is 4.06. The molecule has 0 bridgehead atoms. The molecule has 3 aromatic carbocycles. The minimum absolute atomic E-state index is 0.144. The Labute approximate surface area is 334 Å². The van der Waals surface area contributed by atoms with E-state index in [1.54, 1.807) is 13.8 Å². The van der Waals surface area contributed by atoms with Gasteiger partial charge in [0, 0.05) is 24.3 Å². The van der Waals surface area contributed by atoms with E-state index >= 15 is 4.39 Å². The second-order valence-electron chi connectivity index (χ2n) is 15.4. The zero-order valence-corrected chi connectivity index (χ0v) is 34.5. The average Bonchev–Trinajstić information content (AvgIpc) is 3.87. The number of halogens is 1. The van der Waals surface area contributed by atoms with Crippen molar-refractivity contribution < 1.29 is 23.5 Å². The smallest absolute Gasteiger partial charge is 0.333 e. The third-order valence-corrected chi connectivity index (χ3v) is 17.2. The minimum atomic E-state index is -3.31. The molecule has 7 rings (SSSR count). The Kier molecular flexibility index (Phi) is 11.2. The molecule has 57 heavy (non-hydrogen) atoms. The van der Waals surface area contributed by atoms with E-state index in [9.17, 15) is 19.2 Å². The van der Waals surface area contributed by atoms with Crippen LogP contribution in [-0.2, 0) is 21.6 Å².